The molecule has 0 saturated carbocycles. The summed E-state index contributed by atoms with van der Waals surface area (Å²) in [6, 6.07) is 15.0. The van der Waals surface area contributed by atoms with Crippen molar-refractivity contribution in [2.45, 2.75) is 30.6 Å². The summed E-state index contributed by atoms with van der Waals surface area (Å²) in [7, 11) is -1.20. The molecule has 0 aliphatic heterocycles. The van der Waals surface area contributed by atoms with Crippen molar-refractivity contribution in [3.05, 3.63) is 54.2 Å². The highest BCUT2D eigenvalue weighted by Crippen LogP contribution is 2.21. The first-order valence-electron chi connectivity index (χ1n) is 7.06. The van der Waals surface area contributed by atoms with Crippen molar-refractivity contribution in [2.24, 2.45) is 0 Å². The van der Waals surface area contributed by atoms with Crippen LogP contribution in [0.3, 0.4) is 0 Å². The summed E-state index contributed by atoms with van der Waals surface area (Å²) in [5, 5.41) is 10.9. The van der Waals surface area contributed by atoms with Crippen molar-refractivity contribution in [3.8, 4) is 0 Å². The van der Waals surface area contributed by atoms with Gasteiger partial charge >= 0.3 is 0 Å². The zero-order chi connectivity index (χ0) is 14.9. The lowest BCUT2D eigenvalue weighted by Crippen LogP contribution is -2.37. The molecule has 0 spiro atoms. The van der Waals surface area contributed by atoms with Gasteiger partial charge in [0.05, 0.1) is 8.07 Å². The van der Waals surface area contributed by atoms with Gasteiger partial charge in [0.15, 0.2) is 10.8 Å². The van der Waals surface area contributed by atoms with E-state index in [1.165, 1.54) is 10.8 Å². The molecule has 1 aromatic carbocycles. The van der Waals surface area contributed by atoms with Crippen LogP contribution in [0.1, 0.15) is 5.56 Å². The molecule has 2 aromatic heterocycles. The number of thioether (sulfide) groups is 1. The Bertz CT molecular complexity index is 744. The maximum Gasteiger partial charge on any atom is 0.195 e. The SMILES string of the molecule is C[Si](C)(C)c1ccc(CSc2nnc3ccccn23)cc1. The molecule has 0 amide bonds. The second-order valence-electron chi connectivity index (χ2n) is 6.15. The van der Waals surface area contributed by atoms with E-state index in [0.29, 0.717) is 0 Å². The van der Waals surface area contributed by atoms with Crippen molar-refractivity contribution < 1.29 is 0 Å². The molecule has 3 nitrogen and oxygen atoms in total. The predicted molar refractivity (Wildman–Crippen MR) is 92.0 cm³/mol. The summed E-state index contributed by atoms with van der Waals surface area (Å²) < 4.78 is 2.03. The highest BCUT2D eigenvalue weighted by Gasteiger charge is 2.15. The lowest BCUT2D eigenvalue weighted by Gasteiger charge is -2.16. The zero-order valence-corrected chi connectivity index (χ0v) is 14.4. The van der Waals surface area contributed by atoms with Crippen LogP contribution >= 0.6 is 11.8 Å². The molecule has 0 aliphatic rings. The maximum atomic E-state index is 4.25. The molecule has 108 valence electrons. The van der Waals surface area contributed by atoms with Gasteiger partial charge in [-0.1, -0.05) is 66.9 Å². The van der Waals surface area contributed by atoms with Gasteiger partial charge in [-0.25, -0.2) is 0 Å². The summed E-state index contributed by atoms with van der Waals surface area (Å²) in [5.41, 5.74) is 2.23. The van der Waals surface area contributed by atoms with Crippen LogP contribution in [0.2, 0.25) is 19.6 Å². The average Bonchev–Trinajstić information content (AvgIpc) is 2.88. The molecule has 0 aliphatic carbocycles. The molecule has 2 heterocycles. The summed E-state index contributed by atoms with van der Waals surface area (Å²) in [6.45, 7) is 7.12. The molecule has 3 aromatic rings. The van der Waals surface area contributed by atoms with Gasteiger partial charge in [0.1, 0.15) is 0 Å². The second-order valence-corrected chi connectivity index (χ2v) is 12.2. The number of aromatic nitrogens is 3. The predicted octanol–water partition coefficient (Wildman–Crippen LogP) is 3.57. The molecule has 0 radical (unpaired) electrons. The van der Waals surface area contributed by atoms with Crippen molar-refractivity contribution in [1.29, 1.82) is 0 Å². The highest BCUT2D eigenvalue weighted by molar-refractivity contribution is 7.98. The number of hydrogen-bond acceptors (Lipinski definition) is 3. The fourth-order valence-corrected chi connectivity index (χ4v) is 4.21. The third kappa shape index (κ3) is 3.19. The minimum atomic E-state index is -1.20. The van der Waals surface area contributed by atoms with Crippen LogP contribution in [0, 0.1) is 0 Å². The van der Waals surface area contributed by atoms with Crippen LogP contribution in [0.25, 0.3) is 5.65 Å². The largest absolute Gasteiger partial charge is 0.277 e. The highest BCUT2D eigenvalue weighted by atomic mass is 32.2. The fourth-order valence-electron chi connectivity index (χ4n) is 2.17. The van der Waals surface area contributed by atoms with Crippen LogP contribution < -0.4 is 5.19 Å². The van der Waals surface area contributed by atoms with Crippen LogP contribution in [0.4, 0.5) is 0 Å². The van der Waals surface area contributed by atoms with Crippen molar-refractivity contribution in [3.63, 3.8) is 0 Å². The van der Waals surface area contributed by atoms with Gasteiger partial charge in [0, 0.05) is 11.9 Å². The van der Waals surface area contributed by atoms with E-state index >= 15 is 0 Å². The third-order valence-corrected chi connectivity index (χ3v) is 6.55. The summed E-state index contributed by atoms with van der Waals surface area (Å²) >= 11 is 1.72. The molecule has 0 saturated heterocycles. The molecular weight excluding hydrogens is 294 g/mol. The number of benzene rings is 1. The van der Waals surface area contributed by atoms with E-state index in [1.807, 2.05) is 28.8 Å². The number of nitrogens with zero attached hydrogens (tertiary/aromatic N) is 3. The van der Waals surface area contributed by atoms with Gasteiger partial charge in [-0.15, -0.1) is 10.2 Å². The maximum absolute atomic E-state index is 4.25. The molecule has 0 unspecified atom stereocenters. The Morgan fingerprint density at radius 1 is 1.00 bits per heavy atom. The molecule has 5 heteroatoms. The number of rotatable bonds is 4. The summed E-state index contributed by atoms with van der Waals surface area (Å²) in [5.74, 6) is 0.918. The number of fused-ring (bicyclic) bond motifs is 1. The number of hydrogen-bond donors (Lipinski definition) is 0. The van der Waals surface area contributed by atoms with Crippen molar-refractivity contribution in [2.75, 3.05) is 0 Å². The quantitative estimate of drug-likeness (QED) is 0.545. The van der Waals surface area contributed by atoms with E-state index in [2.05, 4.69) is 54.1 Å². The first-order valence-corrected chi connectivity index (χ1v) is 11.5. The minimum Gasteiger partial charge on any atom is -0.277 e. The Kier molecular flexibility index (Phi) is 3.86. The standard InChI is InChI=1S/C16H19N3SSi/c1-21(2,3)14-9-7-13(8-10-14)12-20-16-18-17-15-6-4-5-11-19(15)16/h4-11H,12H2,1-3H3. The topological polar surface area (TPSA) is 30.2 Å². The van der Waals surface area contributed by atoms with Crippen molar-refractivity contribution in [1.82, 2.24) is 14.6 Å². The molecular formula is C16H19N3SSi. The molecule has 3 rings (SSSR count). The summed E-state index contributed by atoms with van der Waals surface area (Å²) in [6.07, 6.45) is 2.01. The third-order valence-electron chi connectivity index (χ3n) is 3.47. The normalized spacial score (nSPS) is 12.0. The van der Waals surface area contributed by atoms with E-state index in [-0.39, 0.29) is 0 Å². The lowest BCUT2D eigenvalue weighted by atomic mass is 10.2. The van der Waals surface area contributed by atoms with Gasteiger partial charge in [0.25, 0.3) is 0 Å². The Labute approximate surface area is 130 Å². The fraction of sp³-hybridized carbons (Fsp3) is 0.250. The van der Waals surface area contributed by atoms with E-state index in [4.69, 9.17) is 0 Å². The van der Waals surface area contributed by atoms with Gasteiger partial charge < -0.3 is 0 Å². The monoisotopic (exact) mass is 313 g/mol. The first kappa shape index (κ1) is 14.3. The molecule has 0 bridgehead atoms. The van der Waals surface area contributed by atoms with Gasteiger partial charge in [-0.2, -0.15) is 0 Å². The smallest absolute Gasteiger partial charge is 0.195 e. The first-order chi connectivity index (χ1) is 10.0. The van der Waals surface area contributed by atoms with Crippen LogP contribution in [-0.2, 0) is 5.75 Å². The molecule has 21 heavy (non-hydrogen) atoms. The van der Waals surface area contributed by atoms with Crippen LogP contribution in [-0.4, -0.2) is 22.7 Å². The van der Waals surface area contributed by atoms with E-state index in [9.17, 15) is 0 Å². The average molecular weight is 314 g/mol. The van der Waals surface area contributed by atoms with Gasteiger partial charge in [-0.05, 0) is 17.7 Å². The number of pyridine rings is 1. The molecule has 0 N–H and O–H groups in total. The minimum absolute atomic E-state index is 0.897. The van der Waals surface area contributed by atoms with E-state index in [0.717, 1.165) is 16.6 Å². The van der Waals surface area contributed by atoms with Gasteiger partial charge in [-0.3, -0.25) is 4.40 Å². The van der Waals surface area contributed by atoms with Gasteiger partial charge in [0.2, 0.25) is 0 Å². The second kappa shape index (κ2) is 5.65. The summed E-state index contributed by atoms with van der Waals surface area (Å²) in [4.78, 5) is 0. The Hall–Kier alpha value is -1.59. The Morgan fingerprint density at radius 3 is 2.48 bits per heavy atom. The van der Waals surface area contributed by atoms with Crippen LogP contribution in [0.15, 0.2) is 53.8 Å². The van der Waals surface area contributed by atoms with E-state index < -0.39 is 8.07 Å². The van der Waals surface area contributed by atoms with E-state index in [1.54, 1.807) is 11.8 Å². The zero-order valence-electron chi connectivity index (χ0n) is 12.6. The van der Waals surface area contributed by atoms with Crippen LogP contribution in [0.5, 0.6) is 0 Å². The molecule has 0 fully saturated rings. The Balaban J connectivity index is 1.73. The Morgan fingerprint density at radius 2 is 1.76 bits per heavy atom. The molecule has 0 atom stereocenters. The lowest BCUT2D eigenvalue weighted by molar-refractivity contribution is 0.921. The van der Waals surface area contributed by atoms with Crippen molar-refractivity contribution >= 4 is 30.7 Å².